The summed E-state index contributed by atoms with van der Waals surface area (Å²) in [5.41, 5.74) is 1.52. The minimum absolute atomic E-state index is 0.0770. The quantitative estimate of drug-likeness (QED) is 0.506. The first-order chi connectivity index (χ1) is 15.8. The molecule has 9 heteroatoms. The first-order valence-electron chi connectivity index (χ1n) is 10.3. The van der Waals surface area contributed by atoms with Crippen LogP contribution in [0.1, 0.15) is 21.6 Å². The van der Waals surface area contributed by atoms with E-state index in [1.165, 1.54) is 10.6 Å². The standard InChI is InChI=1S/C24H21BrF2N2O4/c1-15-12-21(33-14-17-2-5-18(26)13-20(17)27)22(25)24(31)29(15)19-6-3-16(4-7-19)23(30)28-8-10-32-11-9-28/h2-7,12-13H,8-11,14H2,1H3. The van der Waals surface area contributed by atoms with E-state index >= 15 is 0 Å². The lowest BCUT2D eigenvalue weighted by molar-refractivity contribution is 0.0303. The fraction of sp³-hybridized carbons (Fsp3) is 0.250. The van der Waals surface area contributed by atoms with Gasteiger partial charge in [0.15, 0.2) is 0 Å². The molecule has 0 aliphatic carbocycles. The number of benzene rings is 2. The van der Waals surface area contributed by atoms with Gasteiger partial charge in [0, 0.05) is 47.7 Å². The molecule has 0 N–H and O–H groups in total. The van der Waals surface area contributed by atoms with E-state index in [2.05, 4.69) is 15.9 Å². The molecule has 0 saturated carbocycles. The number of carbonyl (C=O) groups is 1. The second kappa shape index (κ2) is 9.84. The van der Waals surface area contributed by atoms with Crippen LogP contribution in [0, 0.1) is 18.6 Å². The van der Waals surface area contributed by atoms with Crippen LogP contribution in [0.2, 0.25) is 0 Å². The first kappa shape index (κ1) is 23.1. The van der Waals surface area contributed by atoms with E-state index < -0.39 is 11.6 Å². The Morgan fingerprint density at radius 2 is 1.79 bits per heavy atom. The molecule has 0 bridgehead atoms. The Morgan fingerprint density at radius 3 is 2.45 bits per heavy atom. The smallest absolute Gasteiger partial charge is 0.273 e. The molecule has 33 heavy (non-hydrogen) atoms. The summed E-state index contributed by atoms with van der Waals surface area (Å²) in [5.74, 6) is -1.22. The van der Waals surface area contributed by atoms with Gasteiger partial charge in [0.1, 0.15) is 28.5 Å². The number of aryl methyl sites for hydroxylation is 1. The number of halogens is 3. The van der Waals surface area contributed by atoms with E-state index in [9.17, 15) is 18.4 Å². The summed E-state index contributed by atoms with van der Waals surface area (Å²) in [7, 11) is 0. The van der Waals surface area contributed by atoms with Crippen LogP contribution in [0.5, 0.6) is 5.75 Å². The molecule has 0 unspecified atom stereocenters. The van der Waals surface area contributed by atoms with Crippen molar-refractivity contribution in [2.75, 3.05) is 26.3 Å². The summed E-state index contributed by atoms with van der Waals surface area (Å²) in [4.78, 5) is 27.4. The molecule has 1 aliphatic heterocycles. The van der Waals surface area contributed by atoms with Crippen LogP contribution in [-0.2, 0) is 11.3 Å². The van der Waals surface area contributed by atoms with Crippen LogP contribution in [0.3, 0.4) is 0 Å². The Balaban J connectivity index is 1.55. The van der Waals surface area contributed by atoms with Gasteiger partial charge in [0.2, 0.25) is 0 Å². The average molecular weight is 519 g/mol. The van der Waals surface area contributed by atoms with Crippen molar-refractivity contribution in [2.24, 2.45) is 0 Å². The van der Waals surface area contributed by atoms with Crippen LogP contribution in [0.25, 0.3) is 5.69 Å². The molecule has 1 amide bonds. The molecule has 3 aromatic rings. The number of morpholine rings is 1. The summed E-state index contributed by atoms with van der Waals surface area (Å²) in [6.07, 6.45) is 0. The summed E-state index contributed by atoms with van der Waals surface area (Å²) in [5, 5.41) is 0. The third-order valence-corrected chi connectivity index (χ3v) is 6.10. The van der Waals surface area contributed by atoms with Crippen LogP contribution >= 0.6 is 15.9 Å². The van der Waals surface area contributed by atoms with Gasteiger partial charge in [-0.1, -0.05) is 0 Å². The van der Waals surface area contributed by atoms with Crippen molar-refractivity contribution < 1.29 is 23.0 Å². The zero-order valence-corrected chi connectivity index (χ0v) is 19.4. The Labute approximate surface area is 197 Å². The number of rotatable bonds is 5. The number of pyridine rings is 1. The molecule has 0 atom stereocenters. The first-order valence-corrected chi connectivity index (χ1v) is 11.1. The van der Waals surface area contributed by atoms with E-state index in [1.54, 1.807) is 42.2 Å². The average Bonchev–Trinajstić information content (AvgIpc) is 2.82. The maximum absolute atomic E-state index is 13.9. The zero-order valence-electron chi connectivity index (χ0n) is 17.8. The minimum atomic E-state index is -0.720. The maximum Gasteiger partial charge on any atom is 0.273 e. The topological polar surface area (TPSA) is 60.8 Å². The number of carbonyl (C=O) groups excluding carboxylic acids is 1. The molecule has 0 spiro atoms. The Hall–Kier alpha value is -3.04. The summed E-state index contributed by atoms with van der Waals surface area (Å²) in [6.45, 7) is 3.73. The predicted octanol–water partition coefficient (Wildman–Crippen LogP) is 4.24. The largest absolute Gasteiger partial charge is 0.487 e. The minimum Gasteiger partial charge on any atom is -0.487 e. The lowest BCUT2D eigenvalue weighted by atomic mass is 10.1. The highest BCUT2D eigenvalue weighted by atomic mass is 79.9. The third-order valence-electron chi connectivity index (χ3n) is 5.37. The molecule has 1 aliphatic rings. The molecular weight excluding hydrogens is 498 g/mol. The summed E-state index contributed by atoms with van der Waals surface area (Å²) < 4.78 is 39.5. The maximum atomic E-state index is 13.9. The highest BCUT2D eigenvalue weighted by Crippen LogP contribution is 2.25. The second-order valence-corrected chi connectivity index (χ2v) is 8.37. The van der Waals surface area contributed by atoms with E-state index in [-0.39, 0.29) is 33.9 Å². The van der Waals surface area contributed by atoms with Crippen LogP contribution in [0.15, 0.2) is 57.8 Å². The van der Waals surface area contributed by atoms with Crippen molar-refractivity contribution in [3.8, 4) is 11.4 Å². The number of amides is 1. The summed E-state index contributed by atoms with van der Waals surface area (Å²) >= 11 is 3.27. The van der Waals surface area contributed by atoms with Crippen LogP contribution < -0.4 is 10.3 Å². The Bertz CT molecular complexity index is 1240. The van der Waals surface area contributed by atoms with Gasteiger partial charge < -0.3 is 14.4 Å². The van der Waals surface area contributed by atoms with Gasteiger partial charge in [0.25, 0.3) is 11.5 Å². The van der Waals surface area contributed by atoms with E-state index in [4.69, 9.17) is 9.47 Å². The lowest BCUT2D eigenvalue weighted by Gasteiger charge is -2.27. The predicted molar refractivity (Wildman–Crippen MR) is 122 cm³/mol. The van der Waals surface area contributed by atoms with Gasteiger partial charge in [-0.05, 0) is 59.3 Å². The highest BCUT2D eigenvalue weighted by Gasteiger charge is 2.19. The van der Waals surface area contributed by atoms with Crippen molar-refractivity contribution in [1.29, 1.82) is 0 Å². The van der Waals surface area contributed by atoms with Crippen molar-refractivity contribution in [1.82, 2.24) is 9.47 Å². The fourth-order valence-corrected chi connectivity index (χ4v) is 4.01. The molecular formula is C24H21BrF2N2O4. The molecule has 1 fully saturated rings. The Kier molecular flexibility index (Phi) is 6.90. The number of ether oxygens (including phenoxy) is 2. The second-order valence-electron chi connectivity index (χ2n) is 7.58. The van der Waals surface area contributed by atoms with Gasteiger partial charge in [-0.25, -0.2) is 8.78 Å². The van der Waals surface area contributed by atoms with Crippen molar-refractivity contribution >= 4 is 21.8 Å². The number of hydrogen-bond donors (Lipinski definition) is 0. The Morgan fingerprint density at radius 1 is 1.09 bits per heavy atom. The molecule has 172 valence electrons. The van der Waals surface area contributed by atoms with Gasteiger partial charge in [-0.2, -0.15) is 0 Å². The molecule has 2 heterocycles. The zero-order chi connectivity index (χ0) is 23.5. The number of hydrogen-bond acceptors (Lipinski definition) is 4. The summed E-state index contributed by atoms with van der Waals surface area (Å²) in [6, 6.07) is 11.7. The molecule has 4 rings (SSSR count). The van der Waals surface area contributed by atoms with E-state index in [1.807, 2.05) is 0 Å². The molecule has 0 radical (unpaired) electrons. The molecule has 6 nitrogen and oxygen atoms in total. The van der Waals surface area contributed by atoms with Gasteiger partial charge >= 0.3 is 0 Å². The SMILES string of the molecule is Cc1cc(OCc2ccc(F)cc2F)c(Br)c(=O)n1-c1ccc(C(=O)N2CCOCC2)cc1. The molecule has 1 aromatic heterocycles. The normalized spacial score (nSPS) is 13.8. The van der Waals surface area contributed by atoms with E-state index in [0.29, 0.717) is 43.2 Å². The third kappa shape index (κ3) is 4.99. The van der Waals surface area contributed by atoms with Crippen molar-refractivity contribution in [3.63, 3.8) is 0 Å². The van der Waals surface area contributed by atoms with Gasteiger partial charge in [0.05, 0.1) is 13.2 Å². The van der Waals surface area contributed by atoms with E-state index in [0.717, 1.165) is 12.1 Å². The van der Waals surface area contributed by atoms with Crippen LogP contribution in [0.4, 0.5) is 8.78 Å². The lowest BCUT2D eigenvalue weighted by Crippen LogP contribution is -2.40. The molecule has 1 saturated heterocycles. The van der Waals surface area contributed by atoms with Gasteiger partial charge in [-0.3, -0.25) is 14.2 Å². The number of aromatic nitrogens is 1. The highest BCUT2D eigenvalue weighted by molar-refractivity contribution is 9.10. The van der Waals surface area contributed by atoms with Crippen molar-refractivity contribution in [2.45, 2.75) is 13.5 Å². The fourth-order valence-electron chi connectivity index (χ4n) is 3.60. The van der Waals surface area contributed by atoms with Crippen LogP contribution in [-0.4, -0.2) is 41.7 Å². The van der Waals surface area contributed by atoms with Crippen molar-refractivity contribution in [3.05, 3.63) is 91.8 Å². The van der Waals surface area contributed by atoms with Gasteiger partial charge in [-0.15, -0.1) is 0 Å². The number of nitrogens with zero attached hydrogens (tertiary/aromatic N) is 2. The molecule has 2 aromatic carbocycles. The monoisotopic (exact) mass is 518 g/mol.